The number of aliphatic hydroxyl groups is 1. The van der Waals surface area contributed by atoms with Gasteiger partial charge in [0.1, 0.15) is 0 Å². The number of non-ortho nitro benzene ring substituents is 1. The van der Waals surface area contributed by atoms with Crippen LogP contribution in [0.1, 0.15) is 25.3 Å². The number of nitrogens with zero attached hydrogens (tertiary/aromatic N) is 2. The summed E-state index contributed by atoms with van der Waals surface area (Å²) in [6.07, 6.45) is 1.28. The van der Waals surface area contributed by atoms with E-state index in [0.717, 1.165) is 13.0 Å². The van der Waals surface area contributed by atoms with E-state index in [4.69, 9.17) is 5.11 Å². The van der Waals surface area contributed by atoms with Crippen LogP contribution in [0.25, 0.3) is 0 Å². The molecule has 0 saturated carbocycles. The van der Waals surface area contributed by atoms with Crippen molar-refractivity contribution >= 4 is 17.3 Å². The van der Waals surface area contributed by atoms with Gasteiger partial charge in [0.25, 0.3) is 5.69 Å². The van der Waals surface area contributed by atoms with Gasteiger partial charge in [0.05, 0.1) is 11.5 Å². The van der Waals surface area contributed by atoms with Crippen molar-refractivity contribution < 1.29 is 14.8 Å². The van der Waals surface area contributed by atoms with Crippen LogP contribution in [-0.4, -0.2) is 47.1 Å². The van der Waals surface area contributed by atoms with Crippen molar-refractivity contribution in [2.75, 3.05) is 31.6 Å². The SMILES string of the molecule is CCCN(CCO)CCC(=O)Nc1ccc([N+](=O)[O-])cc1C. The maximum atomic E-state index is 12.0. The van der Waals surface area contributed by atoms with Gasteiger partial charge in [-0.25, -0.2) is 0 Å². The fourth-order valence-electron chi connectivity index (χ4n) is 2.17. The van der Waals surface area contributed by atoms with Crippen LogP contribution in [0.3, 0.4) is 0 Å². The summed E-state index contributed by atoms with van der Waals surface area (Å²) in [6.45, 7) is 5.81. The summed E-state index contributed by atoms with van der Waals surface area (Å²) in [5.41, 5.74) is 1.25. The lowest BCUT2D eigenvalue weighted by Gasteiger charge is -2.20. The van der Waals surface area contributed by atoms with Crippen LogP contribution >= 0.6 is 0 Å². The molecule has 0 unspecified atom stereocenters. The number of benzene rings is 1. The van der Waals surface area contributed by atoms with Crippen molar-refractivity contribution in [3.8, 4) is 0 Å². The van der Waals surface area contributed by atoms with E-state index in [2.05, 4.69) is 5.32 Å². The lowest BCUT2D eigenvalue weighted by atomic mass is 10.1. The molecule has 0 aliphatic heterocycles. The molecule has 0 saturated heterocycles. The number of nitro benzene ring substituents is 1. The average Bonchev–Trinajstić information content (AvgIpc) is 2.47. The molecule has 1 amide bonds. The standard InChI is InChI=1S/C15H23N3O4/c1-3-7-17(9-10-19)8-6-15(20)16-14-5-4-13(18(21)22)11-12(14)2/h4-5,11,19H,3,6-10H2,1-2H3,(H,16,20). The zero-order valence-electron chi connectivity index (χ0n) is 13.0. The first-order chi connectivity index (χ1) is 10.5. The van der Waals surface area contributed by atoms with Crippen LogP contribution in [0, 0.1) is 17.0 Å². The summed E-state index contributed by atoms with van der Waals surface area (Å²) in [5, 5.41) is 22.4. The molecule has 7 nitrogen and oxygen atoms in total. The van der Waals surface area contributed by atoms with Crippen LogP contribution < -0.4 is 5.32 Å². The van der Waals surface area contributed by atoms with Gasteiger partial charge in [-0.15, -0.1) is 0 Å². The Morgan fingerprint density at radius 3 is 2.64 bits per heavy atom. The highest BCUT2D eigenvalue weighted by molar-refractivity contribution is 5.91. The van der Waals surface area contributed by atoms with Crippen LogP contribution in [0.4, 0.5) is 11.4 Å². The second-order valence-electron chi connectivity index (χ2n) is 5.12. The third-order valence-electron chi connectivity index (χ3n) is 3.31. The van der Waals surface area contributed by atoms with Gasteiger partial charge < -0.3 is 15.3 Å². The number of rotatable bonds is 9. The molecule has 0 fully saturated rings. The van der Waals surface area contributed by atoms with Gasteiger partial charge in [-0.1, -0.05) is 6.92 Å². The van der Waals surface area contributed by atoms with Gasteiger partial charge >= 0.3 is 0 Å². The Morgan fingerprint density at radius 1 is 1.36 bits per heavy atom. The number of hydrogen-bond donors (Lipinski definition) is 2. The van der Waals surface area contributed by atoms with E-state index >= 15 is 0 Å². The minimum absolute atomic E-state index is 0.00701. The number of carbonyl (C=O) groups excluding carboxylic acids is 1. The highest BCUT2D eigenvalue weighted by atomic mass is 16.6. The third kappa shape index (κ3) is 5.79. The summed E-state index contributed by atoms with van der Waals surface area (Å²) in [5.74, 6) is -0.143. The molecule has 0 bridgehead atoms. The molecule has 0 aliphatic carbocycles. The van der Waals surface area contributed by atoms with Gasteiger partial charge in [0.2, 0.25) is 5.91 Å². The van der Waals surface area contributed by atoms with Gasteiger partial charge in [-0.3, -0.25) is 14.9 Å². The van der Waals surface area contributed by atoms with E-state index in [1.807, 2.05) is 11.8 Å². The summed E-state index contributed by atoms with van der Waals surface area (Å²) >= 11 is 0. The first-order valence-electron chi connectivity index (χ1n) is 7.36. The molecule has 2 N–H and O–H groups in total. The van der Waals surface area contributed by atoms with Crippen molar-refractivity contribution in [1.82, 2.24) is 4.90 Å². The van der Waals surface area contributed by atoms with Crippen LogP contribution in [0.5, 0.6) is 0 Å². The molecule has 0 heterocycles. The van der Waals surface area contributed by atoms with Crippen molar-refractivity contribution in [1.29, 1.82) is 0 Å². The summed E-state index contributed by atoms with van der Waals surface area (Å²) in [7, 11) is 0. The molecule has 22 heavy (non-hydrogen) atoms. The van der Waals surface area contributed by atoms with E-state index in [1.165, 1.54) is 12.1 Å². The average molecular weight is 309 g/mol. The zero-order chi connectivity index (χ0) is 16.5. The minimum Gasteiger partial charge on any atom is -0.395 e. The van der Waals surface area contributed by atoms with E-state index < -0.39 is 4.92 Å². The van der Waals surface area contributed by atoms with Crippen LogP contribution in [0.2, 0.25) is 0 Å². The molecule has 122 valence electrons. The number of nitro groups is 1. The molecular weight excluding hydrogens is 286 g/mol. The third-order valence-corrected chi connectivity index (χ3v) is 3.31. The summed E-state index contributed by atoms with van der Waals surface area (Å²) in [6, 6.07) is 4.35. The second kappa shape index (κ2) is 9.11. The molecular formula is C15H23N3O4. The van der Waals surface area contributed by atoms with Crippen molar-refractivity contribution in [3.05, 3.63) is 33.9 Å². The maximum Gasteiger partial charge on any atom is 0.269 e. The molecule has 0 spiro atoms. The van der Waals surface area contributed by atoms with Crippen molar-refractivity contribution in [3.63, 3.8) is 0 Å². The minimum atomic E-state index is -0.462. The maximum absolute atomic E-state index is 12.0. The number of hydrogen-bond acceptors (Lipinski definition) is 5. The van der Waals surface area contributed by atoms with E-state index in [9.17, 15) is 14.9 Å². The molecule has 0 aromatic heterocycles. The first-order valence-corrected chi connectivity index (χ1v) is 7.36. The number of carbonyl (C=O) groups is 1. The highest BCUT2D eigenvalue weighted by Gasteiger charge is 2.11. The number of aryl methyl sites for hydroxylation is 1. The lowest BCUT2D eigenvalue weighted by Crippen LogP contribution is -2.31. The topological polar surface area (TPSA) is 95.7 Å². The van der Waals surface area contributed by atoms with Gasteiger partial charge in [-0.05, 0) is 31.5 Å². The Morgan fingerprint density at radius 2 is 2.09 bits per heavy atom. The molecule has 1 aromatic rings. The van der Waals surface area contributed by atoms with Crippen LogP contribution in [0.15, 0.2) is 18.2 Å². The number of anilines is 1. The molecule has 0 atom stereocenters. The first kappa shape index (κ1) is 18.1. The normalized spacial score (nSPS) is 10.7. The number of amides is 1. The van der Waals surface area contributed by atoms with Crippen molar-refractivity contribution in [2.24, 2.45) is 0 Å². The van der Waals surface area contributed by atoms with Crippen molar-refractivity contribution in [2.45, 2.75) is 26.7 Å². The van der Waals surface area contributed by atoms with E-state index in [0.29, 0.717) is 30.8 Å². The smallest absolute Gasteiger partial charge is 0.269 e. The molecule has 1 rings (SSSR count). The quantitative estimate of drug-likeness (QED) is 0.537. The summed E-state index contributed by atoms with van der Waals surface area (Å²) in [4.78, 5) is 24.2. The largest absolute Gasteiger partial charge is 0.395 e. The fourth-order valence-corrected chi connectivity index (χ4v) is 2.17. The van der Waals surface area contributed by atoms with E-state index in [-0.39, 0.29) is 18.2 Å². The second-order valence-corrected chi connectivity index (χ2v) is 5.12. The Kier molecular flexibility index (Phi) is 7.48. The fraction of sp³-hybridized carbons (Fsp3) is 0.533. The molecule has 1 aromatic carbocycles. The predicted octanol–water partition coefficient (Wildman–Crippen LogP) is 1.94. The van der Waals surface area contributed by atoms with Gasteiger partial charge in [0, 0.05) is 37.3 Å². The Labute approximate surface area is 130 Å². The van der Waals surface area contributed by atoms with E-state index in [1.54, 1.807) is 13.0 Å². The summed E-state index contributed by atoms with van der Waals surface area (Å²) < 4.78 is 0. The highest BCUT2D eigenvalue weighted by Crippen LogP contribution is 2.21. The Hall–Kier alpha value is -1.99. The van der Waals surface area contributed by atoms with Gasteiger partial charge in [-0.2, -0.15) is 0 Å². The molecule has 0 radical (unpaired) electrons. The van der Waals surface area contributed by atoms with Crippen LogP contribution in [-0.2, 0) is 4.79 Å². The molecule has 0 aliphatic rings. The Bertz CT molecular complexity index is 514. The zero-order valence-corrected chi connectivity index (χ0v) is 13.0. The Balaban J connectivity index is 2.56. The molecule has 7 heteroatoms. The van der Waals surface area contributed by atoms with Gasteiger partial charge in [0.15, 0.2) is 0 Å². The number of aliphatic hydroxyl groups excluding tert-OH is 1. The predicted molar refractivity (Wildman–Crippen MR) is 84.9 cm³/mol. The lowest BCUT2D eigenvalue weighted by molar-refractivity contribution is -0.384. The number of nitrogens with one attached hydrogen (secondary N) is 1. The monoisotopic (exact) mass is 309 g/mol.